The zero-order chi connectivity index (χ0) is 9.26. The van der Waals surface area contributed by atoms with E-state index in [4.69, 9.17) is 10.2 Å². The van der Waals surface area contributed by atoms with Crippen molar-refractivity contribution in [1.29, 1.82) is 0 Å². The number of rotatable bonds is 1. The monoisotopic (exact) mass is 174 g/mol. The van der Waals surface area contributed by atoms with Crippen LogP contribution in [0.4, 0.5) is 6.01 Å². The summed E-state index contributed by atoms with van der Waals surface area (Å²) in [5.41, 5.74) is 7.57. The molecule has 0 fully saturated rings. The lowest BCUT2D eigenvalue weighted by atomic mass is 10.1. The van der Waals surface area contributed by atoms with Gasteiger partial charge >= 0.3 is 0 Å². The SMILES string of the molecule is Cc1cccc(-c2cnc(N)o2)c1. The van der Waals surface area contributed by atoms with Crippen LogP contribution in [0.25, 0.3) is 11.3 Å². The lowest BCUT2D eigenvalue weighted by molar-refractivity contribution is 0.595. The van der Waals surface area contributed by atoms with Crippen LogP contribution in [0.15, 0.2) is 34.9 Å². The molecule has 3 nitrogen and oxygen atoms in total. The molecule has 0 aliphatic carbocycles. The van der Waals surface area contributed by atoms with Crippen molar-refractivity contribution >= 4 is 6.01 Å². The van der Waals surface area contributed by atoms with Crippen LogP contribution in [0.2, 0.25) is 0 Å². The Bertz CT molecular complexity index is 420. The molecule has 1 heterocycles. The van der Waals surface area contributed by atoms with Gasteiger partial charge in [-0.25, -0.2) is 4.98 Å². The van der Waals surface area contributed by atoms with Crippen LogP contribution >= 0.6 is 0 Å². The fourth-order valence-electron chi connectivity index (χ4n) is 1.22. The van der Waals surface area contributed by atoms with Crippen LogP contribution < -0.4 is 5.73 Å². The Kier molecular flexibility index (Phi) is 1.77. The molecule has 3 heteroatoms. The molecular weight excluding hydrogens is 164 g/mol. The molecule has 0 aliphatic rings. The van der Waals surface area contributed by atoms with Gasteiger partial charge in [0.05, 0.1) is 6.20 Å². The first-order valence-corrected chi connectivity index (χ1v) is 4.04. The molecule has 0 unspecified atom stereocenters. The third-order valence-electron chi connectivity index (χ3n) is 1.83. The topological polar surface area (TPSA) is 52.0 Å². The van der Waals surface area contributed by atoms with Gasteiger partial charge in [-0.1, -0.05) is 23.8 Å². The fourth-order valence-corrected chi connectivity index (χ4v) is 1.22. The number of nitrogens with two attached hydrogens (primary N) is 1. The molecule has 2 rings (SSSR count). The molecule has 1 aromatic carbocycles. The standard InChI is InChI=1S/C10H10N2O/c1-7-3-2-4-8(5-7)9-6-12-10(11)13-9/h2-6H,1H3,(H2,11,12). The summed E-state index contributed by atoms with van der Waals surface area (Å²) in [7, 11) is 0. The predicted molar refractivity (Wildman–Crippen MR) is 51.1 cm³/mol. The Labute approximate surface area is 76.2 Å². The van der Waals surface area contributed by atoms with E-state index < -0.39 is 0 Å². The van der Waals surface area contributed by atoms with Crippen molar-refractivity contribution in [1.82, 2.24) is 4.98 Å². The number of nitrogens with zero attached hydrogens (tertiary/aromatic N) is 1. The number of anilines is 1. The first-order valence-electron chi connectivity index (χ1n) is 4.04. The molecular formula is C10H10N2O. The fraction of sp³-hybridized carbons (Fsp3) is 0.100. The van der Waals surface area contributed by atoms with E-state index in [1.54, 1.807) is 6.20 Å². The molecule has 13 heavy (non-hydrogen) atoms. The minimum Gasteiger partial charge on any atom is -0.424 e. The Hall–Kier alpha value is -1.77. The molecule has 0 bridgehead atoms. The van der Waals surface area contributed by atoms with Gasteiger partial charge < -0.3 is 10.2 Å². The molecule has 0 aliphatic heterocycles. The number of nitrogen functional groups attached to an aromatic ring is 1. The highest BCUT2D eigenvalue weighted by molar-refractivity contribution is 5.58. The van der Waals surface area contributed by atoms with Crippen molar-refractivity contribution in [3.63, 3.8) is 0 Å². The molecule has 0 radical (unpaired) electrons. The van der Waals surface area contributed by atoms with Gasteiger partial charge in [0, 0.05) is 5.56 Å². The normalized spacial score (nSPS) is 10.2. The van der Waals surface area contributed by atoms with Gasteiger partial charge in [-0.3, -0.25) is 0 Å². The lowest BCUT2D eigenvalue weighted by Crippen LogP contribution is -1.80. The summed E-state index contributed by atoms with van der Waals surface area (Å²) in [6, 6.07) is 8.20. The third-order valence-corrected chi connectivity index (χ3v) is 1.83. The van der Waals surface area contributed by atoms with Crippen molar-refractivity contribution in [3.05, 3.63) is 36.0 Å². The maximum Gasteiger partial charge on any atom is 0.292 e. The van der Waals surface area contributed by atoms with Crippen LogP contribution in [0.1, 0.15) is 5.56 Å². The maximum atomic E-state index is 5.38. The number of aryl methyl sites for hydroxylation is 1. The van der Waals surface area contributed by atoms with Gasteiger partial charge in [-0.15, -0.1) is 0 Å². The first kappa shape index (κ1) is 7.86. The molecule has 1 aromatic heterocycles. The van der Waals surface area contributed by atoms with Crippen molar-refractivity contribution in [2.24, 2.45) is 0 Å². The Balaban J connectivity index is 2.46. The predicted octanol–water partition coefficient (Wildman–Crippen LogP) is 2.23. The third kappa shape index (κ3) is 1.54. The van der Waals surface area contributed by atoms with Crippen molar-refractivity contribution in [3.8, 4) is 11.3 Å². The Morgan fingerprint density at radius 2 is 2.23 bits per heavy atom. The van der Waals surface area contributed by atoms with Gasteiger partial charge in [0.15, 0.2) is 5.76 Å². The average molecular weight is 174 g/mol. The Morgan fingerprint density at radius 3 is 2.85 bits per heavy atom. The van der Waals surface area contributed by atoms with E-state index in [-0.39, 0.29) is 6.01 Å². The van der Waals surface area contributed by atoms with Gasteiger partial charge in [-0.2, -0.15) is 0 Å². The second-order valence-corrected chi connectivity index (χ2v) is 2.93. The first-order chi connectivity index (χ1) is 6.25. The maximum absolute atomic E-state index is 5.38. The number of benzene rings is 1. The Morgan fingerprint density at radius 1 is 1.38 bits per heavy atom. The molecule has 0 saturated heterocycles. The highest BCUT2D eigenvalue weighted by Crippen LogP contribution is 2.21. The number of aromatic nitrogens is 1. The van der Waals surface area contributed by atoms with Gasteiger partial charge in [0.1, 0.15) is 0 Å². The highest BCUT2D eigenvalue weighted by Gasteiger charge is 2.02. The summed E-state index contributed by atoms with van der Waals surface area (Å²) < 4.78 is 5.19. The zero-order valence-corrected chi connectivity index (χ0v) is 7.32. The molecule has 0 spiro atoms. The summed E-state index contributed by atoms with van der Waals surface area (Å²) in [5, 5.41) is 0. The molecule has 66 valence electrons. The van der Waals surface area contributed by atoms with Crippen molar-refractivity contribution in [2.45, 2.75) is 6.92 Å². The summed E-state index contributed by atoms with van der Waals surface area (Å²) >= 11 is 0. The van der Waals surface area contributed by atoms with Crippen LogP contribution in [0.3, 0.4) is 0 Å². The van der Waals surface area contributed by atoms with Crippen molar-refractivity contribution in [2.75, 3.05) is 5.73 Å². The summed E-state index contributed by atoms with van der Waals surface area (Å²) in [4.78, 5) is 3.83. The van der Waals surface area contributed by atoms with Crippen LogP contribution in [-0.4, -0.2) is 4.98 Å². The quantitative estimate of drug-likeness (QED) is 0.721. The van der Waals surface area contributed by atoms with E-state index in [1.165, 1.54) is 5.56 Å². The highest BCUT2D eigenvalue weighted by atomic mass is 16.4. The van der Waals surface area contributed by atoms with E-state index in [0.717, 1.165) is 5.56 Å². The van der Waals surface area contributed by atoms with Crippen LogP contribution in [0, 0.1) is 6.92 Å². The van der Waals surface area contributed by atoms with E-state index >= 15 is 0 Å². The van der Waals surface area contributed by atoms with E-state index in [9.17, 15) is 0 Å². The number of oxazole rings is 1. The molecule has 0 saturated carbocycles. The van der Waals surface area contributed by atoms with Gasteiger partial charge in [-0.05, 0) is 13.0 Å². The number of hydrogen-bond donors (Lipinski definition) is 1. The second-order valence-electron chi connectivity index (χ2n) is 2.93. The minimum absolute atomic E-state index is 0.205. The van der Waals surface area contributed by atoms with Crippen molar-refractivity contribution < 1.29 is 4.42 Å². The smallest absolute Gasteiger partial charge is 0.292 e. The van der Waals surface area contributed by atoms with E-state index in [0.29, 0.717) is 5.76 Å². The molecule has 2 N–H and O–H groups in total. The largest absolute Gasteiger partial charge is 0.424 e. The van der Waals surface area contributed by atoms with Crippen LogP contribution in [-0.2, 0) is 0 Å². The minimum atomic E-state index is 0.205. The van der Waals surface area contributed by atoms with Gasteiger partial charge in [0.2, 0.25) is 0 Å². The summed E-state index contributed by atoms with van der Waals surface area (Å²) in [6.07, 6.45) is 1.63. The zero-order valence-electron chi connectivity index (χ0n) is 7.32. The van der Waals surface area contributed by atoms with Crippen LogP contribution in [0.5, 0.6) is 0 Å². The second kappa shape index (κ2) is 2.94. The summed E-state index contributed by atoms with van der Waals surface area (Å²) in [5.74, 6) is 0.709. The van der Waals surface area contributed by atoms with E-state index in [1.807, 2.05) is 31.2 Å². The average Bonchev–Trinajstić information content (AvgIpc) is 2.52. The lowest BCUT2D eigenvalue weighted by Gasteiger charge is -1.96. The number of hydrogen-bond acceptors (Lipinski definition) is 3. The van der Waals surface area contributed by atoms with E-state index in [2.05, 4.69) is 4.98 Å². The summed E-state index contributed by atoms with van der Waals surface area (Å²) in [6.45, 7) is 2.03. The molecule has 0 atom stereocenters. The van der Waals surface area contributed by atoms with Gasteiger partial charge in [0.25, 0.3) is 6.01 Å². The molecule has 0 amide bonds. The molecule has 2 aromatic rings.